The van der Waals surface area contributed by atoms with Crippen molar-refractivity contribution in [2.45, 2.75) is 121 Å². The van der Waals surface area contributed by atoms with E-state index >= 15 is 0 Å². The second kappa shape index (κ2) is 25.2. The van der Waals surface area contributed by atoms with Crippen LogP contribution in [0.2, 0.25) is 0 Å². The Morgan fingerprint density at radius 1 is 0.763 bits per heavy atom. The van der Waals surface area contributed by atoms with Gasteiger partial charge in [-0.1, -0.05) is 62.3 Å². The van der Waals surface area contributed by atoms with E-state index in [1.165, 1.54) is 0 Å². The number of esters is 2. The van der Waals surface area contributed by atoms with Crippen LogP contribution < -0.4 is 0 Å². The predicted octanol–water partition coefficient (Wildman–Crippen LogP) is 6.26. The summed E-state index contributed by atoms with van der Waals surface area (Å²) in [6, 6.07) is 0. The summed E-state index contributed by atoms with van der Waals surface area (Å²) < 4.78 is 10.3. The van der Waals surface area contributed by atoms with Gasteiger partial charge in [0.25, 0.3) is 0 Å². The number of carbonyl (C=O) groups excluding carboxylic acids is 4. The van der Waals surface area contributed by atoms with Gasteiger partial charge in [-0.3, -0.25) is 19.2 Å². The Labute approximate surface area is 234 Å². The first-order valence-corrected chi connectivity index (χ1v) is 15.1. The molecule has 2 aliphatic heterocycles. The van der Waals surface area contributed by atoms with Crippen LogP contribution in [0.1, 0.15) is 121 Å². The lowest BCUT2D eigenvalue weighted by Gasteiger charge is -2.21. The first-order chi connectivity index (χ1) is 18.2. The molecule has 0 N–H and O–H groups in total. The Hall–Kier alpha value is -2.12. The van der Waals surface area contributed by atoms with Crippen molar-refractivity contribution in [3.63, 3.8) is 0 Å². The Kier molecular flexibility index (Phi) is 26.7. The summed E-state index contributed by atoms with van der Waals surface area (Å²) in [5.41, 5.74) is -0.422. The molecular weight excluding hydrogens is 484 g/mol. The van der Waals surface area contributed by atoms with Crippen molar-refractivity contribution in [2.24, 2.45) is 11.3 Å². The van der Waals surface area contributed by atoms with Crippen molar-refractivity contribution < 1.29 is 28.7 Å². The van der Waals surface area contributed by atoms with E-state index in [1.807, 2.05) is 76.2 Å². The fourth-order valence-electron chi connectivity index (χ4n) is 3.47. The van der Waals surface area contributed by atoms with E-state index in [9.17, 15) is 19.2 Å². The molecule has 2 amide bonds. The smallest absolute Gasteiger partial charge is 0.311 e. The molecule has 0 spiro atoms. The maximum atomic E-state index is 11.6. The SMILES string of the molecule is CC.CC.CC.CCC(C)(C)C(=O)OCCN1CCCC1=O.CCC(CC)C(=O)OCCN1CCCC1=O. The van der Waals surface area contributed by atoms with E-state index in [1.54, 1.807) is 9.80 Å². The molecule has 0 aromatic rings. The predicted molar refractivity (Wildman–Crippen MR) is 156 cm³/mol. The number of carbonyl (C=O) groups is 4. The van der Waals surface area contributed by atoms with Crippen molar-refractivity contribution in [1.29, 1.82) is 0 Å². The van der Waals surface area contributed by atoms with Crippen LogP contribution in [0, 0.1) is 11.3 Å². The highest BCUT2D eigenvalue weighted by Crippen LogP contribution is 2.21. The molecule has 226 valence electrons. The third-order valence-electron chi connectivity index (χ3n) is 6.30. The molecule has 0 aromatic heterocycles. The van der Waals surface area contributed by atoms with Crippen LogP contribution in [0.15, 0.2) is 0 Å². The Morgan fingerprint density at radius 3 is 1.47 bits per heavy atom. The Bertz CT molecular complexity index is 632. The zero-order valence-corrected chi connectivity index (χ0v) is 26.6. The molecule has 8 heteroatoms. The van der Waals surface area contributed by atoms with Gasteiger partial charge in [0.1, 0.15) is 13.2 Å². The van der Waals surface area contributed by atoms with Gasteiger partial charge < -0.3 is 19.3 Å². The van der Waals surface area contributed by atoms with Gasteiger partial charge in [0.2, 0.25) is 11.8 Å². The Balaban J connectivity index is -0.000000538. The molecule has 0 aliphatic carbocycles. The van der Waals surface area contributed by atoms with Gasteiger partial charge in [-0.15, -0.1) is 0 Å². The lowest BCUT2D eigenvalue weighted by Crippen LogP contribution is -2.32. The molecule has 2 heterocycles. The molecule has 2 fully saturated rings. The van der Waals surface area contributed by atoms with E-state index in [0.29, 0.717) is 39.1 Å². The molecular formula is C30H60N2O6. The molecule has 0 atom stereocenters. The summed E-state index contributed by atoms with van der Waals surface area (Å²) in [6.45, 7) is 25.0. The summed E-state index contributed by atoms with van der Waals surface area (Å²) in [5.74, 6) is 0.0527. The highest BCUT2D eigenvalue weighted by Gasteiger charge is 2.27. The zero-order chi connectivity index (χ0) is 30.1. The summed E-state index contributed by atoms with van der Waals surface area (Å²) >= 11 is 0. The summed E-state index contributed by atoms with van der Waals surface area (Å²) in [5, 5.41) is 0. The fourth-order valence-corrected chi connectivity index (χ4v) is 3.47. The third-order valence-corrected chi connectivity index (χ3v) is 6.30. The maximum absolute atomic E-state index is 11.6. The van der Waals surface area contributed by atoms with Crippen molar-refractivity contribution >= 4 is 23.8 Å². The molecule has 2 aliphatic rings. The van der Waals surface area contributed by atoms with Gasteiger partial charge in [0.05, 0.1) is 24.4 Å². The van der Waals surface area contributed by atoms with E-state index < -0.39 is 5.41 Å². The van der Waals surface area contributed by atoms with Crippen LogP contribution in [0.25, 0.3) is 0 Å². The standard InChI is InChI=1S/2C12H21NO3.3C2H6/c1-4-12(2,3)11(15)16-9-8-13-7-5-6-10(13)14;1-3-10(4-2)12(15)16-9-8-13-7-5-6-11(13)14;3*1-2/h4-9H2,1-3H3;10H,3-9H2,1-2H3;3*1-2H3. The molecule has 0 aromatic carbocycles. The lowest BCUT2D eigenvalue weighted by atomic mass is 9.91. The molecule has 0 saturated carbocycles. The number of hydrogen-bond acceptors (Lipinski definition) is 6. The minimum Gasteiger partial charge on any atom is -0.464 e. The molecule has 38 heavy (non-hydrogen) atoms. The number of ether oxygens (including phenoxy) is 2. The van der Waals surface area contributed by atoms with Crippen molar-refractivity contribution in [3.05, 3.63) is 0 Å². The molecule has 0 radical (unpaired) electrons. The first kappa shape index (κ1) is 40.4. The van der Waals surface area contributed by atoms with Gasteiger partial charge >= 0.3 is 11.9 Å². The quantitative estimate of drug-likeness (QED) is 0.285. The minimum absolute atomic E-state index is 0.00859. The topological polar surface area (TPSA) is 93.2 Å². The number of likely N-dealkylation sites (tertiary alicyclic amines) is 2. The van der Waals surface area contributed by atoms with Crippen molar-refractivity contribution in [2.75, 3.05) is 39.4 Å². The first-order valence-electron chi connectivity index (χ1n) is 15.1. The molecule has 0 unspecified atom stereocenters. The minimum atomic E-state index is -0.422. The van der Waals surface area contributed by atoms with E-state index in [2.05, 4.69) is 0 Å². The lowest BCUT2D eigenvalue weighted by molar-refractivity contribution is -0.155. The normalized spacial score (nSPS) is 14.2. The zero-order valence-electron chi connectivity index (χ0n) is 26.6. The summed E-state index contributed by atoms with van der Waals surface area (Å²) in [4.78, 5) is 49.3. The highest BCUT2D eigenvalue weighted by atomic mass is 16.5. The number of nitrogens with zero attached hydrogens (tertiary/aromatic N) is 2. The van der Waals surface area contributed by atoms with E-state index in [-0.39, 0.29) is 29.7 Å². The van der Waals surface area contributed by atoms with Crippen LogP contribution in [-0.2, 0) is 28.7 Å². The van der Waals surface area contributed by atoms with Crippen LogP contribution in [-0.4, -0.2) is 72.9 Å². The van der Waals surface area contributed by atoms with Crippen molar-refractivity contribution in [1.82, 2.24) is 9.80 Å². The number of rotatable bonds is 11. The summed E-state index contributed by atoms with van der Waals surface area (Å²) in [7, 11) is 0. The van der Waals surface area contributed by atoms with Crippen LogP contribution in [0.4, 0.5) is 0 Å². The average molecular weight is 545 g/mol. The van der Waals surface area contributed by atoms with Crippen LogP contribution >= 0.6 is 0 Å². The van der Waals surface area contributed by atoms with E-state index in [4.69, 9.17) is 9.47 Å². The third kappa shape index (κ3) is 16.7. The van der Waals surface area contributed by atoms with E-state index in [0.717, 1.165) is 45.2 Å². The molecule has 2 rings (SSSR count). The van der Waals surface area contributed by atoms with Crippen molar-refractivity contribution in [3.8, 4) is 0 Å². The van der Waals surface area contributed by atoms with Gasteiger partial charge in [0, 0.05) is 25.9 Å². The second-order valence-corrected chi connectivity index (χ2v) is 9.02. The van der Waals surface area contributed by atoms with Gasteiger partial charge in [-0.2, -0.15) is 0 Å². The van der Waals surface area contributed by atoms with Gasteiger partial charge in [0.15, 0.2) is 0 Å². The molecule has 2 saturated heterocycles. The fraction of sp³-hybridized carbons (Fsp3) is 0.867. The monoisotopic (exact) mass is 544 g/mol. The molecule has 0 bridgehead atoms. The van der Waals surface area contributed by atoms with Gasteiger partial charge in [-0.05, 0) is 46.0 Å². The second-order valence-electron chi connectivity index (χ2n) is 9.02. The highest BCUT2D eigenvalue weighted by molar-refractivity contribution is 5.78. The maximum Gasteiger partial charge on any atom is 0.311 e. The largest absolute Gasteiger partial charge is 0.464 e. The Morgan fingerprint density at radius 2 is 1.16 bits per heavy atom. The number of hydrogen-bond donors (Lipinski definition) is 0. The number of amides is 2. The molecule has 8 nitrogen and oxygen atoms in total. The summed E-state index contributed by atoms with van der Waals surface area (Å²) in [6.07, 6.45) is 5.52. The van der Waals surface area contributed by atoms with Gasteiger partial charge in [-0.25, -0.2) is 0 Å². The van der Waals surface area contributed by atoms with Crippen LogP contribution in [0.3, 0.4) is 0 Å². The average Bonchev–Trinajstić information content (AvgIpc) is 3.55. The van der Waals surface area contributed by atoms with Crippen LogP contribution in [0.5, 0.6) is 0 Å².